The van der Waals surface area contributed by atoms with Crippen molar-refractivity contribution in [2.75, 3.05) is 24.7 Å². The number of halogens is 1. The lowest BCUT2D eigenvalue weighted by Gasteiger charge is -2.17. The van der Waals surface area contributed by atoms with Crippen molar-refractivity contribution < 1.29 is 14.4 Å². The molecular weight excluding hydrogens is 412 g/mol. The number of para-hydroxylation sites is 1. The fraction of sp³-hybridized carbons (Fsp3) is 0.250. The first kappa shape index (κ1) is 22.4. The van der Waals surface area contributed by atoms with Crippen molar-refractivity contribution in [2.45, 2.75) is 18.9 Å². The average molecular weight is 431 g/mol. The number of nitrogens with one attached hydrogen (secondary N) is 1. The van der Waals surface area contributed by atoms with Crippen molar-refractivity contribution in [3.63, 3.8) is 0 Å². The third kappa shape index (κ3) is 6.04. The average Bonchev–Trinajstić information content (AvgIpc) is 2.67. The van der Waals surface area contributed by atoms with E-state index in [9.17, 15) is 19.6 Å². The Morgan fingerprint density at radius 3 is 2.62 bits per heavy atom. The van der Waals surface area contributed by atoms with Gasteiger partial charge in [0.25, 0.3) is 0 Å². The highest BCUT2D eigenvalue weighted by atomic mass is 35.5. The molecule has 0 aliphatic heterocycles. The van der Waals surface area contributed by atoms with E-state index >= 15 is 0 Å². The molecule has 0 spiro atoms. The van der Waals surface area contributed by atoms with Crippen molar-refractivity contribution >= 4 is 46.6 Å². The number of anilines is 1. The minimum atomic E-state index is -0.378. The summed E-state index contributed by atoms with van der Waals surface area (Å²) >= 11 is 7.09. The summed E-state index contributed by atoms with van der Waals surface area (Å²) in [6.45, 7) is 2.94. The molecule has 0 unspecified atom stereocenters. The van der Waals surface area contributed by atoms with Crippen LogP contribution in [0.25, 0.3) is 0 Å². The number of nitriles is 1. The van der Waals surface area contributed by atoms with Gasteiger partial charge in [0.2, 0.25) is 11.8 Å². The summed E-state index contributed by atoms with van der Waals surface area (Å²) in [5.74, 6) is -0.862. The first-order valence-corrected chi connectivity index (χ1v) is 9.93. The van der Waals surface area contributed by atoms with E-state index in [-0.39, 0.29) is 35.5 Å². The number of pyridine rings is 1. The number of rotatable bonds is 7. The fourth-order valence-corrected chi connectivity index (χ4v) is 3.55. The molecule has 0 aliphatic rings. The number of carbonyl (C=O) groups is 3. The highest BCUT2D eigenvalue weighted by molar-refractivity contribution is 8.00. The van der Waals surface area contributed by atoms with E-state index in [1.807, 2.05) is 6.07 Å². The van der Waals surface area contributed by atoms with Crippen LogP contribution in [-0.2, 0) is 9.59 Å². The zero-order valence-corrected chi connectivity index (χ0v) is 17.7. The van der Waals surface area contributed by atoms with Crippen LogP contribution in [0.3, 0.4) is 0 Å². The Bertz CT molecular complexity index is 1000. The molecular formula is C20H19ClN4O3S. The van der Waals surface area contributed by atoms with Gasteiger partial charge >= 0.3 is 0 Å². The predicted octanol–water partition coefficient (Wildman–Crippen LogP) is 3.31. The topological polar surface area (TPSA) is 103 Å². The van der Waals surface area contributed by atoms with E-state index in [0.29, 0.717) is 27.0 Å². The number of amides is 2. The van der Waals surface area contributed by atoms with Gasteiger partial charge < -0.3 is 10.2 Å². The molecule has 2 rings (SSSR count). The summed E-state index contributed by atoms with van der Waals surface area (Å²) in [5, 5.41) is 12.7. The van der Waals surface area contributed by atoms with E-state index in [1.165, 1.54) is 24.9 Å². The van der Waals surface area contributed by atoms with Crippen molar-refractivity contribution in [1.82, 2.24) is 9.88 Å². The van der Waals surface area contributed by atoms with Crippen LogP contribution in [0, 0.1) is 18.3 Å². The number of aromatic nitrogens is 1. The van der Waals surface area contributed by atoms with Crippen LogP contribution >= 0.6 is 23.4 Å². The fourth-order valence-electron chi connectivity index (χ4n) is 2.43. The first-order valence-electron chi connectivity index (χ1n) is 8.56. The second-order valence-electron chi connectivity index (χ2n) is 6.21. The lowest BCUT2D eigenvalue weighted by molar-refractivity contribution is -0.131. The minimum absolute atomic E-state index is 0.00356. The maximum absolute atomic E-state index is 12.4. The lowest BCUT2D eigenvalue weighted by atomic mass is 10.1. The maximum atomic E-state index is 12.4. The number of aryl methyl sites for hydroxylation is 1. The van der Waals surface area contributed by atoms with Gasteiger partial charge in [-0.1, -0.05) is 35.5 Å². The Kier molecular flexibility index (Phi) is 7.76. The van der Waals surface area contributed by atoms with Crippen LogP contribution in [0.2, 0.25) is 5.02 Å². The molecule has 1 heterocycles. The van der Waals surface area contributed by atoms with Gasteiger partial charge in [-0.2, -0.15) is 5.26 Å². The summed E-state index contributed by atoms with van der Waals surface area (Å²) in [6, 6.07) is 10.3. The molecule has 2 amide bonds. The zero-order valence-electron chi connectivity index (χ0n) is 16.2. The van der Waals surface area contributed by atoms with Crippen LogP contribution in [-0.4, -0.2) is 46.8 Å². The van der Waals surface area contributed by atoms with Crippen LogP contribution in [0.15, 0.2) is 35.4 Å². The Balaban J connectivity index is 1.97. The molecule has 2 aromatic rings. The summed E-state index contributed by atoms with van der Waals surface area (Å²) in [7, 11) is 1.51. The van der Waals surface area contributed by atoms with Gasteiger partial charge in [-0.3, -0.25) is 14.4 Å². The molecule has 0 atom stereocenters. The predicted molar refractivity (Wildman–Crippen MR) is 112 cm³/mol. The number of nitrogens with zero attached hydrogens (tertiary/aromatic N) is 3. The van der Waals surface area contributed by atoms with Gasteiger partial charge in [0.05, 0.1) is 28.6 Å². The van der Waals surface area contributed by atoms with E-state index < -0.39 is 0 Å². The molecule has 0 saturated heterocycles. The molecule has 0 aliphatic carbocycles. The van der Waals surface area contributed by atoms with Crippen LogP contribution in [0.4, 0.5) is 5.69 Å². The highest BCUT2D eigenvalue weighted by Gasteiger charge is 2.17. The molecule has 150 valence electrons. The normalized spacial score (nSPS) is 10.2. The highest BCUT2D eigenvalue weighted by Crippen LogP contribution is 2.23. The van der Waals surface area contributed by atoms with Gasteiger partial charge in [0.1, 0.15) is 11.1 Å². The van der Waals surface area contributed by atoms with Gasteiger partial charge in [-0.15, -0.1) is 0 Å². The van der Waals surface area contributed by atoms with E-state index in [1.54, 1.807) is 31.2 Å². The van der Waals surface area contributed by atoms with E-state index in [2.05, 4.69) is 10.3 Å². The monoisotopic (exact) mass is 430 g/mol. The molecule has 1 aromatic carbocycles. The molecule has 0 fully saturated rings. The number of hydrogen-bond acceptors (Lipinski definition) is 6. The van der Waals surface area contributed by atoms with Crippen LogP contribution in [0.1, 0.15) is 28.5 Å². The number of carbonyl (C=O) groups excluding carboxylic acids is 3. The van der Waals surface area contributed by atoms with E-state index in [4.69, 9.17) is 11.6 Å². The summed E-state index contributed by atoms with van der Waals surface area (Å²) in [5.41, 5.74) is 1.58. The first-order chi connectivity index (χ1) is 13.7. The number of ketones is 1. The van der Waals surface area contributed by atoms with Gasteiger partial charge in [-0.05, 0) is 32.0 Å². The Labute approximate surface area is 178 Å². The number of thioether (sulfide) groups is 1. The molecule has 29 heavy (non-hydrogen) atoms. The smallest absolute Gasteiger partial charge is 0.244 e. The van der Waals surface area contributed by atoms with Crippen molar-refractivity contribution in [2.24, 2.45) is 0 Å². The molecule has 0 radical (unpaired) electrons. The number of Topliss-reactive ketones (excluding diaryl/α,β-unsaturated/α-hetero) is 1. The molecule has 0 saturated carbocycles. The third-order valence-electron chi connectivity index (χ3n) is 3.96. The minimum Gasteiger partial charge on any atom is -0.336 e. The summed E-state index contributed by atoms with van der Waals surface area (Å²) in [6.07, 6.45) is 0. The quantitative estimate of drug-likeness (QED) is 0.534. The van der Waals surface area contributed by atoms with Crippen molar-refractivity contribution in [1.29, 1.82) is 5.26 Å². The van der Waals surface area contributed by atoms with Gasteiger partial charge in [-0.25, -0.2) is 4.98 Å². The second-order valence-corrected chi connectivity index (χ2v) is 7.58. The van der Waals surface area contributed by atoms with E-state index in [0.717, 1.165) is 11.8 Å². The Morgan fingerprint density at radius 1 is 1.31 bits per heavy atom. The largest absolute Gasteiger partial charge is 0.336 e. The van der Waals surface area contributed by atoms with Gasteiger partial charge in [0.15, 0.2) is 5.78 Å². The van der Waals surface area contributed by atoms with Gasteiger partial charge in [0, 0.05) is 18.3 Å². The number of hydrogen-bond donors (Lipinski definition) is 1. The molecule has 7 nitrogen and oxygen atoms in total. The zero-order chi connectivity index (χ0) is 21.6. The molecule has 1 aromatic heterocycles. The molecule has 1 N–H and O–H groups in total. The summed E-state index contributed by atoms with van der Waals surface area (Å²) < 4.78 is 0. The maximum Gasteiger partial charge on any atom is 0.244 e. The number of likely N-dealkylation sites (N-methyl/N-ethyl adjacent to an activating group) is 1. The van der Waals surface area contributed by atoms with Crippen molar-refractivity contribution in [3.05, 3.63) is 52.2 Å². The SMILES string of the molecule is CC(=O)c1cc(C#N)c(SCC(=O)N(C)CC(=O)Nc2ccccc2Cl)nc1C. The molecule has 0 bridgehead atoms. The van der Waals surface area contributed by atoms with Crippen LogP contribution < -0.4 is 5.32 Å². The second kappa shape index (κ2) is 10.0. The molecule has 9 heteroatoms. The standard InChI is InChI=1S/C20H19ClN4O3S/c1-12-15(13(2)26)8-14(9-22)20(23-12)29-11-19(28)25(3)10-18(27)24-17-7-5-4-6-16(17)21/h4-8H,10-11H2,1-3H3,(H,24,27). The van der Waals surface area contributed by atoms with Crippen LogP contribution in [0.5, 0.6) is 0 Å². The summed E-state index contributed by atoms with van der Waals surface area (Å²) in [4.78, 5) is 41.7. The lowest BCUT2D eigenvalue weighted by Crippen LogP contribution is -2.36. The van der Waals surface area contributed by atoms with Crippen molar-refractivity contribution in [3.8, 4) is 6.07 Å². The Hall–Kier alpha value is -2.89. The third-order valence-corrected chi connectivity index (χ3v) is 5.27. The Morgan fingerprint density at radius 2 is 2.00 bits per heavy atom. The number of benzene rings is 1.